The molecular formula is C20H42N6O6. The van der Waals surface area contributed by atoms with E-state index in [1.54, 1.807) is 0 Å². The van der Waals surface area contributed by atoms with Crippen LogP contribution in [0.25, 0.3) is 0 Å². The van der Waals surface area contributed by atoms with Gasteiger partial charge in [-0.2, -0.15) is 0 Å². The van der Waals surface area contributed by atoms with Crippen LogP contribution < -0.4 is 33.6 Å². The standard InChI is InChI=1S/C20H42N6O6/c21-10-4-1-7-15(25-18(27)17(24)9-3-6-12-23)13-31-19(28)26-16(8-2-5-11-22)14-32-20(29)30/h15-17H,1-14,21-24H2,(H,25,27)(H,26,28)(H,29,30)/t15-,16-,17+/m0/s1. The van der Waals surface area contributed by atoms with Crippen molar-refractivity contribution in [1.82, 2.24) is 10.6 Å². The van der Waals surface area contributed by atoms with Crippen molar-refractivity contribution in [3.63, 3.8) is 0 Å². The zero-order valence-electron chi connectivity index (χ0n) is 18.9. The monoisotopic (exact) mass is 462 g/mol. The van der Waals surface area contributed by atoms with Gasteiger partial charge in [-0.15, -0.1) is 0 Å². The molecule has 0 aliphatic carbocycles. The quantitative estimate of drug-likeness (QED) is 0.100. The highest BCUT2D eigenvalue weighted by atomic mass is 16.7. The molecule has 0 heterocycles. The Hall–Kier alpha value is -2.15. The van der Waals surface area contributed by atoms with E-state index in [4.69, 9.17) is 32.8 Å². The Kier molecular flexibility index (Phi) is 18.2. The number of rotatable bonds is 19. The Labute approximate surface area is 190 Å². The minimum Gasteiger partial charge on any atom is -0.450 e. The van der Waals surface area contributed by atoms with Crippen LogP contribution in [0.5, 0.6) is 0 Å². The number of nitrogens with two attached hydrogens (primary N) is 4. The highest BCUT2D eigenvalue weighted by Crippen LogP contribution is 2.06. The largest absolute Gasteiger partial charge is 0.505 e. The molecule has 0 aromatic carbocycles. The highest BCUT2D eigenvalue weighted by molar-refractivity contribution is 5.81. The number of hydrogen-bond donors (Lipinski definition) is 7. The molecule has 0 saturated carbocycles. The van der Waals surface area contributed by atoms with Gasteiger partial charge in [-0.25, -0.2) is 9.59 Å². The summed E-state index contributed by atoms with van der Waals surface area (Å²) in [5.74, 6) is -0.307. The van der Waals surface area contributed by atoms with Crippen LogP contribution in [0.15, 0.2) is 0 Å². The second-order valence-electron chi connectivity index (χ2n) is 7.68. The van der Waals surface area contributed by atoms with Crippen LogP contribution in [0, 0.1) is 0 Å². The predicted molar refractivity (Wildman–Crippen MR) is 121 cm³/mol. The van der Waals surface area contributed by atoms with Crippen molar-refractivity contribution >= 4 is 18.2 Å². The summed E-state index contributed by atoms with van der Waals surface area (Å²) in [5.41, 5.74) is 22.4. The zero-order chi connectivity index (χ0) is 24.2. The van der Waals surface area contributed by atoms with Gasteiger partial charge in [0.15, 0.2) is 0 Å². The zero-order valence-corrected chi connectivity index (χ0v) is 18.9. The number of carbonyl (C=O) groups excluding carboxylic acids is 2. The Morgan fingerprint density at radius 1 is 0.719 bits per heavy atom. The second kappa shape index (κ2) is 19.5. The predicted octanol–water partition coefficient (Wildman–Crippen LogP) is -0.0251. The normalized spacial score (nSPS) is 13.6. The maximum Gasteiger partial charge on any atom is 0.505 e. The van der Waals surface area contributed by atoms with Gasteiger partial charge in [-0.3, -0.25) is 4.79 Å². The molecule has 0 rings (SSSR count). The topological polar surface area (TPSA) is 218 Å². The third-order valence-electron chi connectivity index (χ3n) is 4.81. The van der Waals surface area contributed by atoms with Gasteiger partial charge in [0.25, 0.3) is 0 Å². The molecule has 12 nitrogen and oxygen atoms in total. The molecule has 11 N–H and O–H groups in total. The first-order valence-corrected chi connectivity index (χ1v) is 11.3. The number of amides is 2. The fraction of sp³-hybridized carbons (Fsp3) is 0.850. The average Bonchev–Trinajstić information content (AvgIpc) is 2.75. The van der Waals surface area contributed by atoms with Crippen LogP contribution in [-0.2, 0) is 14.3 Å². The van der Waals surface area contributed by atoms with Gasteiger partial charge in [0.1, 0.15) is 13.2 Å². The van der Waals surface area contributed by atoms with Gasteiger partial charge in [-0.05, 0) is 58.2 Å². The van der Waals surface area contributed by atoms with Crippen molar-refractivity contribution in [3.05, 3.63) is 0 Å². The molecule has 0 aliphatic rings. The summed E-state index contributed by atoms with van der Waals surface area (Å²) in [7, 11) is 0. The van der Waals surface area contributed by atoms with E-state index in [1.165, 1.54) is 0 Å². The summed E-state index contributed by atoms with van der Waals surface area (Å²) in [6.07, 6.45) is 3.96. The molecule has 12 heteroatoms. The fourth-order valence-corrected chi connectivity index (χ4v) is 2.97. The number of ether oxygens (including phenoxy) is 2. The lowest BCUT2D eigenvalue weighted by Crippen LogP contribution is -2.48. The van der Waals surface area contributed by atoms with E-state index in [2.05, 4.69) is 15.4 Å². The molecular weight excluding hydrogens is 420 g/mol. The maximum atomic E-state index is 12.4. The molecule has 0 aromatic heterocycles. The van der Waals surface area contributed by atoms with Gasteiger partial charge in [-0.1, -0.05) is 19.3 Å². The second-order valence-corrected chi connectivity index (χ2v) is 7.68. The van der Waals surface area contributed by atoms with Gasteiger partial charge >= 0.3 is 12.2 Å². The number of carbonyl (C=O) groups is 3. The van der Waals surface area contributed by atoms with Crippen LogP contribution in [0.4, 0.5) is 9.59 Å². The van der Waals surface area contributed by atoms with Crippen LogP contribution in [0.2, 0.25) is 0 Å². The van der Waals surface area contributed by atoms with Crippen molar-refractivity contribution in [1.29, 1.82) is 0 Å². The Bertz CT molecular complexity index is 525. The molecule has 0 radical (unpaired) electrons. The van der Waals surface area contributed by atoms with Crippen molar-refractivity contribution in [3.8, 4) is 0 Å². The summed E-state index contributed by atoms with van der Waals surface area (Å²) in [6, 6.07) is -1.61. The van der Waals surface area contributed by atoms with E-state index in [0.29, 0.717) is 45.3 Å². The van der Waals surface area contributed by atoms with Crippen LogP contribution >= 0.6 is 0 Å². The van der Waals surface area contributed by atoms with Crippen LogP contribution in [0.1, 0.15) is 57.8 Å². The molecule has 0 unspecified atom stereocenters. The SMILES string of the molecule is NCCCC[C@@H](COC(=O)O)NC(=O)OC[C@H](CCCCN)NC(=O)[C@H](N)CCCCN. The maximum absolute atomic E-state index is 12.4. The number of hydrogen-bond acceptors (Lipinski definition) is 9. The van der Waals surface area contributed by atoms with Gasteiger partial charge < -0.3 is 48.1 Å². The molecule has 0 saturated heterocycles. The first-order valence-electron chi connectivity index (χ1n) is 11.3. The lowest BCUT2D eigenvalue weighted by atomic mass is 10.1. The molecule has 32 heavy (non-hydrogen) atoms. The summed E-state index contributed by atoms with van der Waals surface area (Å²) in [5, 5.41) is 14.1. The summed E-state index contributed by atoms with van der Waals surface area (Å²) >= 11 is 0. The van der Waals surface area contributed by atoms with Crippen LogP contribution in [-0.4, -0.2) is 74.2 Å². The minimum absolute atomic E-state index is 0.0486. The number of unbranched alkanes of at least 4 members (excludes halogenated alkanes) is 3. The van der Waals surface area contributed by atoms with Crippen molar-refractivity contribution in [2.45, 2.75) is 75.9 Å². The first kappa shape index (κ1) is 29.9. The lowest BCUT2D eigenvalue weighted by Gasteiger charge is -2.22. The molecule has 188 valence electrons. The summed E-state index contributed by atoms with van der Waals surface area (Å²) in [6.45, 7) is 1.32. The van der Waals surface area contributed by atoms with Crippen molar-refractivity contribution < 1.29 is 29.0 Å². The van der Waals surface area contributed by atoms with E-state index in [-0.39, 0.29) is 19.1 Å². The van der Waals surface area contributed by atoms with Gasteiger partial charge in [0, 0.05) is 0 Å². The van der Waals surface area contributed by atoms with E-state index >= 15 is 0 Å². The van der Waals surface area contributed by atoms with Crippen molar-refractivity contribution in [2.24, 2.45) is 22.9 Å². The molecule has 2 amide bonds. The third kappa shape index (κ3) is 16.5. The number of alkyl carbamates (subject to hydrolysis) is 1. The highest BCUT2D eigenvalue weighted by Gasteiger charge is 2.20. The lowest BCUT2D eigenvalue weighted by molar-refractivity contribution is -0.123. The molecule has 0 fully saturated rings. The molecule has 0 aromatic rings. The summed E-state index contributed by atoms with van der Waals surface area (Å²) < 4.78 is 9.85. The summed E-state index contributed by atoms with van der Waals surface area (Å²) in [4.78, 5) is 35.2. The van der Waals surface area contributed by atoms with E-state index in [0.717, 1.165) is 32.1 Å². The molecule has 3 atom stereocenters. The number of carboxylic acid groups (broad SMARTS) is 1. The van der Waals surface area contributed by atoms with Crippen molar-refractivity contribution in [2.75, 3.05) is 32.8 Å². The fourth-order valence-electron chi connectivity index (χ4n) is 2.97. The van der Waals surface area contributed by atoms with Crippen LogP contribution in [0.3, 0.4) is 0 Å². The third-order valence-corrected chi connectivity index (χ3v) is 4.81. The minimum atomic E-state index is -1.42. The molecule has 0 spiro atoms. The van der Waals surface area contributed by atoms with Gasteiger partial charge in [0.05, 0.1) is 18.1 Å². The van der Waals surface area contributed by atoms with E-state index < -0.39 is 30.4 Å². The average molecular weight is 463 g/mol. The molecule has 0 bridgehead atoms. The van der Waals surface area contributed by atoms with E-state index in [9.17, 15) is 14.4 Å². The van der Waals surface area contributed by atoms with Gasteiger partial charge in [0.2, 0.25) is 5.91 Å². The molecule has 0 aliphatic heterocycles. The Balaban J connectivity index is 4.69. The number of nitrogens with one attached hydrogen (secondary N) is 2. The smallest absolute Gasteiger partial charge is 0.450 e. The Morgan fingerprint density at radius 3 is 1.69 bits per heavy atom. The Morgan fingerprint density at radius 2 is 1.19 bits per heavy atom. The first-order chi connectivity index (χ1) is 15.3. The van der Waals surface area contributed by atoms with E-state index in [1.807, 2.05) is 0 Å².